The number of hydrogen-bond donors (Lipinski definition) is 3. The van der Waals surface area contributed by atoms with Gasteiger partial charge >= 0.3 is 0 Å². The molecule has 36 heavy (non-hydrogen) atoms. The van der Waals surface area contributed by atoms with Gasteiger partial charge in [0.2, 0.25) is 0 Å². The lowest BCUT2D eigenvalue weighted by atomic mass is 9.68. The molecule has 3 aromatic rings. The molecule has 0 aliphatic heterocycles. The smallest absolute Gasteiger partial charge is 0.274 e. The summed E-state index contributed by atoms with van der Waals surface area (Å²) in [5.74, 6) is -4.07. The fourth-order valence-electron chi connectivity index (χ4n) is 4.62. The molecule has 2 aromatic heterocycles. The van der Waals surface area contributed by atoms with E-state index in [1.54, 1.807) is 19.2 Å². The van der Waals surface area contributed by atoms with Crippen molar-refractivity contribution in [2.45, 2.75) is 44.2 Å². The van der Waals surface area contributed by atoms with E-state index in [-0.39, 0.29) is 23.3 Å². The Morgan fingerprint density at radius 2 is 1.86 bits per heavy atom. The number of anilines is 1. The fraction of sp³-hybridized carbons (Fsp3) is 0.346. The molecule has 1 saturated carbocycles. The third-order valence-corrected chi connectivity index (χ3v) is 7.03. The van der Waals surface area contributed by atoms with Crippen molar-refractivity contribution in [1.82, 2.24) is 9.97 Å². The molecule has 0 saturated heterocycles. The Labute approximate surface area is 206 Å². The molecule has 2 heterocycles. The highest BCUT2D eigenvalue weighted by Crippen LogP contribution is 2.42. The normalized spacial score (nSPS) is 23.8. The van der Waals surface area contributed by atoms with E-state index in [4.69, 9.17) is 10.5 Å². The topological polar surface area (TPSA) is 110 Å². The van der Waals surface area contributed by atoms with Gasteiger partial charge in [0.25, 0.3) is 5.91 Å². The number of halogens is 3. The van der Waals surface area contributed by atoms with E-state index in [1.807, 2.05) is 6.92 Å². The fourth-order valence-corrected chi connectivity index (χ4v) is 4.62. The molecule has 4 atom stereocenters. The maximum Gasteiger partial charge on any atom is 0.274 e. The lowest BCUT2D eigenvalue weighted by molar-refractivity contribution is -0.0463. The summed E-state index contributed by atoms with van der Waals surface area (Å²) in [7, 11) is 1.24. The van der Waals surface area contributed by atoms with Crippen LogP contribution in [0.3, 0.4) is 0 Å². The number of nitrogens with one attached hydrogen (secondary N) is 1. The monoisotopic (exact) mass is 500 g/mol. The standard InChI is InChI=1S/C26H27F3N4O3/c1-13-8-14(9-22(30)26(13,2)35)16-6-7-31-12-21(16)33-25(34)20-5-4-17(27)24(32-20)23-18(28)10-15(36-3)11-19(23)29/h4-7,10-14,22,35H,8-9,30H2,1-3H3,(H,33,34)/t13-,14+,22+,26+/m0/s1. The average Bonchev–Trinajstić information content (AvgIpc) is 2.83. The van der Waals surface area contributed by atoms with Crippen molar-refractivity contribution in [3.63, 3.8) is 0 Å². The van der Waals surface area contributed by atoms with Crippen LogP contribution in [-0.2, 0) is 0 Å². The molecule has 0 unspecified atom stereocenters. The number of methoxy groups -OCH3 is 1. The van der Waals surface area contributed by atoms with Gasteiger partial charge in [-0.05, 0) is 55.4 Å². The van der Waals surface area contributed by atoms with Crippen molar-refractivity contribution in [3.8, 4) is 17.0 Å². The van der Waals surface area contributed by atoms with E-state index < -0.39 is 46.3 Å². The number of carbonyl (C=O) groups is 1. The summed E-state index contributed by atoms with van der Waals surface area (Å²) in [5.41, 5.74) is 4.83. The second-order valence-corrected chi connectivity index (χ2v) is 9.31. The van der Waals surface area contributed by atoms with Crippen LogP contribution in [-0.4, -0.2) is 39.7 Å². The molecular formula is C26H27F3N4O3. The maximum absolute atomic E-state index is 14.6. The van der Waals surface area contributed by atoms with Crippen molar-refractivity contribution in [2.24, 2.45) is 11.7 Å². The highest BCUT2D eigenvalue weighted by molar-refractivity contribution is 6.03. The summed E-state index contributed by atoms with van der Waals surface area (Å²) < 4.78 is 48.5. The number of aliphatic hydroxyl groups is 1. The highest BCUT2D eigenvalue weighted by atomic mass is 19.1. The van der Waals surface area contributed by atoms with E-state index in [0.717, 1.165) is 29.8 Å². The van der Waals surface area contributed by atoms with Gasteiger partial charge in [-0.25, -0.2) is 18.2 Å². The van der Waals surface area contributed by atoms with Crippen molar-refractivity contribution < 1.29 is 27.8 Å². The van der Waals surface area contributed by atoms with E-state index in [2.05, 4.69) is 15.3 Å². The molecule has 1 aliphatic carbocycles. The van der Waals surface area contributed by atoms with Gasteiger partial charge in [-0.1, -0.05) is 6.92 Å². The predicted octanol–water partition coefficient (Wildman–Crippen LogP) is 4.41. The molecule has 1 fully saturated rings. The molecule has 4 N–H and O–H groups in total. The van der Waals surface area contributed by atoms with Gasteiger partial charge in [0.15, 0.2) is 0 Å². The van der Waals surface area contributed by atoms with Crippen LogP contribution in [0.5, 0.6) is 5.75 Å². The van der Waals surface area contributed by atoms with Crippen molar-refractivity contribution in [1.29, 1.82) is 0 Å². The Balaban J connectivity index is 1.63. The van der Waals surface area contributed by atoms with Crippen LogP contribution in [0.2, 0.25) is 0 Å². The van der Waals surface area contributed by atoms with Gasteiger partial charge in [-0.3, -0.25) is 9.78 Å². The van der Waals surface area contributed by atoms with Gasteiger partial charge in [0, 0.05) is 24.4 Å². The quantitative estimate of drug-likeness (QED) is 0.479. The van der Waals surface area contributed by atoms with Gasteiger partial charge in [-0.2, -0.15) is 0 Å². The van der Waals surface area contributed by atoms with Crippen LogP contribution < -0.4 is 15.8 Å². The maximum atomic E-state index is 14.6. The molecule has 1 amide bonds. The molecular weight excluding hydrogens is 473 g/mol. The second-order valence-electron chi connectivity index (χ2n) is 9.31. The second kappa shape index (κ2) is 9.87. The zero-order valence-electron chi connectivity index (χ0n) is 20.1. The Morgan fingerprint density at radius 3 is 2.50 bits per heavy atom. The lowest BCUT2D eigenvalue weighted by Crippen LogP contribution is -2.54. The van der Waals surface area contributed by atoms with Gasteiger partial charge in [-0.15, -0.1) is 0 Å². The lowest BCUT2D eigenvalue weighted by Gasteiger charge is -2.44. The van der Waals surface area contributed by atoms with Gasteiger partial charge < -0.3 is 20.9 Å². The number of nitrogens with zero attached hydrogens (tertiary/aromatic N) is 2. The number of nitrogens with two attached hydrogens (primary N) is 1. The van der Waals surface area contributed by atoms with E-state index in [1.165, 1.54) is 13.3 Å². The third-order valence-electron chi connectivity index (χ3n) is 7.03. The number of carbonyl (C=O) groups excluding carboxylic acids is 1. The van der Waals surface area contributed by atoms with Crippen LogP contribution in [0.25, 0.3) is 11.3 Å². The number of ether oxygens (including phenoxy) is 1. The SMILES string of the molecule is COc1cc(F)c(-c2nc(C(=O)Nc3cnccc3[C@H]3C[C@@H](N)[C@](C)(O)[C@@H](C)C3)ccc2F)c(F)c1. The molecule has 0 spiro atoms. The zero-order valence-corrected chi connectivity index (χ0v) is 20.1. The summed E-state index contributed by atoms with van der Waals surface area (Å²) in [6.07, 6.45) is 4.21. The van der Waals surface area contributed by atoms with E-state index >= 15 is 0 Å². The number of aromatic nitrogens is 2. The van der Waals surface area contributed by atoms with Crippen LogP contribution in [0, 0.1) is 23.4 Å². The molecule has 7 nitrogen and oxygen atoms in total. The largest absolute Gasteiger partial charge is 0.497 e. The van der Waals surface area contributed by atoms with Crippen LogP contribution in [0.15, 0.2) is 42.7 Å². The molecule has 1 aromatic carbocycles. The molecule has 1 aliphatic rings. The zero-order chi connectivity index (χ0) is 26.2. The Bertz CT molecular complexity index is 1260. The predicted molar refractivity (Wildman–Crippen MR) is 128 cm³/mol. The van der Waals surface area contributed by atoms with Crippen molar-refractivity contribution in [2.75, 3.05) is 12.4 Å². The number of pyridine rings is 2. The van der Waals surface area contributed by atoms with Gasteiger partial charge in [0.05, 0.1) is 30.2 Å². The first-order valence-corrected chi connectivity index (χ1v) is 11.5. The number of hydrogen-bond acceptors (Lipinski definition) is 6. The minimum Gasteiger partial charge on any atom is -0.497 e. The summed E-state index contributed by atoms with van der Waals surface area (Å²) in [4.78, 5) is 21.1. The first-order valence-electron chi connectivity index (χ1n) is 11.5. The van der Waals surface area contributed by atoms with Gasteiger partial charge in [0.1, 0.15) is 34.6 Å². The Kier molecular flexibility index (Phi) is 7.01. The van der Waals surface area contributed by atoms with Crippen molar-refractivity contribution >= 4 is 11.6 Å². The summed E-state index contributed by atoms with van der Waals surface area (Å²) in [5, 5.41) is 13.4. The summed E-state index contributed by atoms with van der Waals surface area (Å²) >= 11 is 0. The first kappa shape index (κ1) is 25.6. The number of amides is 1. The third kappa shape index (κ3) is 4.78. The molecule has 0 bridgehead atoms. The average molecular weight is 501 g/mol. The first-order chi connectivity index (χ1) is 17.0. The van der Waals surface area contributed by atoms with Crippen molar-refractivity contribution in [3.05, 3.63) is 71.4 Å². The Morgan fingerprint density at radius 1 is 1.17 bits per heavy atom. The Hall–Kier alpha value is -3.50. The molecule has 0 radical (unpaired) electrons. The molecule has 10 heteroatoms. The van der Waals surface area contributed by atoms with E-state index in [9.17, 15) is 23.1 Å². The van der Waals surface area contributed by atoms with Crippen LogP contribution in [0.4, 0.5) is 18.9 Å². The van der Waals surface area contributed by atoms with Crippen LogP contribution in [0.1, 0.15) is 48.7 Å². The number of rotatable bonds is 5. The highest BCUT2D eigenvalue weighted by Gasteiger charge is 2.42. The molecule has 4 rings (SSSR count). The summed E-state index contributed by atoms with van der Waals surface area (Å²) in [6, 6.07) is 5.17. The van der Waals surface area contributed by atoms with Crippen LogP contribution >= 0.6 is 0 Å². The minimum atomic E-state index is -1.08. The van der Waals surface area contributed by atoms with E-state index in [0.29, 0.717) is 18.5 Å². The number of benzene rings is 1. The summed E-state index contributed by atoms with van der Waals surface area (Å²) in [6.45, 7) is 3.65. The molecule has 190 valence electrons. The minimum absolute atomic E-state index is 0.0484.